The second-order valence-corrected chi connectivity index (χ2v) is 16.2. The third-order valence-electron chi connectivity index (χ3n) is 14.5. The number of benzene rings is 5. The Morgan fingerprint density at radius 3 is 2.46 bits per heavy atom. The molecule has 0 radical (unpaired) electrons. The minimum Gasteiger partial charge on any atom is -0.458 e. The van der Waals surface area contributed by atoms with Gasteiger partial charge in [0.15, 0.2) is 0 Å². The fourth-order valence-corrected chi connectivity index (χ4v) is 12.8. The third-order valence-corrected chi connectivity index (χ3v) is 14.5. The number of ether oxygens (including phenoxy) is 1. The Bertz CT molecular complexity index is 2720. The van der Waals surface area contributed by atoms with Crippen molar-refractivity contribution in [2.45, 2.75) is 58.3 Å². The summed E-state index contributed by atoms with van der Waals surface area (Å²) >= 11 is 0. The van der Waals surface area contributed by atoms with Crippen LogP contribution >= 0.6 is 0 Å². The maximum atomic E-state index is 6.85. The second-order valence-electron chi connectivity index (χ2n) is 16.2. The monoisotopic (exact) mass is 618 g/mol. The molecule has 0 N–H and O–H groups in total. The lowest BCUT2D eigenvalue weighted by Gasteiger charge is -2.68. The van der Waals surface area contributed by atoms with E-state index in [9.17, 15) is 0 Å². The number of hydrogen-bond acceptors (Lipinski definition) is 1. The SMILES string of the molecule is CC1=C(c2c(C)cccc2C)B2c3ccccc3Oc3cc4cccc5c4c(c32)n1c1cc2cc3c(cc2n51)C1CC2CC4CC3C24C1. The number of para-hydroxylation sites is 1. The van der Waals surface area contributed by atoms with Crippen LogP contribution in [-0.4, -0.2) is 15.7 Å². The molecule has 7 aromatic rings. The molecule has 3 fully saturated rings. The zero-order valence-electron chi connectivity index (χ0n) is 27.6. The average Bonchev–Trinajstić information content (AvgIpc) is 3.65. The van der Waals surface area contributed by atoms with E-state index in [4.69, 9.17) is 4.74 Å². The van der Waals surface area contributed by atoms with Crippen LogP contribution in [0.2, 0.25) is 0 Å². The van der Waals surface area contributed by atoms with Gasteiger partial charge in [0.05, 0.1) is 16.6 Å². The van der Waals surface area contributed by atoms with E-state index in [1.54, 1.807) is 11.1 Å². The molecule has 13 rings (SSSR count). The van der Waals surface area contributed by atoms with E-state index in [2.05, 4.69) is 115 Å². The van der Waals surface area contributed by atoms with Crippen molar-refractivity contribution >= 4 is 67.2 Å². The lowest BCUT2D eigenvalue weighted by Crippen LogP contribution is -2.59. The first-order valence-corrected chi connectivity index (χ1v) is 18.1. The Morgan fingerprint density at radius 1 is 0.750 bits per heavy atom. The third kappa shape index (κ3) is 2.58. The van der Waals surface area contributed by atoms with Gasteiger partial charge in [-0.25, -0.2) is 0 Å². The standard InChI is InChI=1S/C44H35BN2O/c1-22-8-6-9-23(2)39(22)41-24(3)46-38-17-26-15-31-30(27-14-28-18-29-19-32(31)44(28,29)21-27)20-35(26)47(38)34-12-7-10-25-16-37-42(43(46)40(25)34)45(41)33-11-4-5-13-36(33)48-37/h4-13,15-17,20,27-29,32H,14,18-19,21H2,1-3H3. The molecule has 4 heteroatoms. The van der Waals surface area contributed by atoms with Gasteiger partial charge in [-0.2, -0.15) is 0 Å². The first-order chi connectivity index (χ1) is 23.5. The molecular formula is C44H35BN2O. The molecule has 3 nitrogen and oxygen atoms in total. The van der Waals surface area contributed by atoms with Crippen molar-refractivity contribution in [2.24, 2.45) is 17.3 Å². The summed E-state index contributed by atoms with van der Waals surface area (Å²) in [7, 11) is 0. The topological polar surface area (TPSA) is 18.6 Å². The molecule has 48 heavy (non-hydrogen) atoms. The van der Waals surface area contributed by atoms with Gasteiger partial charge in [-0.15, -0.1) is 0 Å². The average molecular weight is 619 g/mol. The maximum absolute atomic E-state index is 6.85. The van der Waals surface area contributed by atoms with E-state index < -0.39 is 0 Å². The molecule has 2 bridgehead atoms. The number of aromatic nitrogens is 2. The normalized spacial score (nSPS) is 26.9. The van der Waals surface area contributed by atoms with Crippen molar-refractivity contribution in [3.05, 3.63) is 113 Å². The van der Waals surface area contributed by atoms with Gasteiger partial charge in [-0.05, 0) is 162 Å². The summed E-state index contributed by atoms with van der Waals surface area (Å²) < 4.78 is 12.1. The van der Waals surface area contributed by atoms with Crippen molar-refractivity contribution in [3.8, 4) is 11.5 Å². The van der Waals surface area contributed by atoms with Gasteiger partial charge < -0.3 is 9.30 Å². The van der Waals surface area contributed by atoms with Gasteiger partial charge in [0.1, 0.15) is 17.1 Å². The van der Waals surface area contributed by atoms with Crippen LogP contribution < -0.4 is 15.7 Å². The molecule has 2 aliphatic heterocycles. The predicted octanol–water partition coefficient (Wildman–Crippen LogP) is 9.47. The molecule has 4 aliphatic carbocycles. The molecule has 1 spiro atoms. The van der Waals surface area contributed by atoms with Gasteiger partial charge in [-0.3, -0.25) is 4.40 Å². The highest BCUT2D eigenvalue weighted by Crippen LogP contribution is 2.81. The summed E-state index contributed by atoms with van der Waals surface area (Å²) in [5.74, 6) is 5.47. The van der Waals surface area contributed by atoms with Gasteiger partial charge >= 0.3 is 0 Å². The number of allylic oxidation sites excluding steroid dienone is 1. The summed E-state index contributed by atoms with van der Waals surface area (Å²) in [5, 5.41) is 3.98. The van der Waals surface area contributed by atoms with Gasteiger partial charge in [0.25, 0.3) is 6.71 Å². The number of rotatable bonds is 1. The van der Waals surface area contributed by atoms with Crippen molar-refractivity contribution in [1.29, 1.82) is 0 Å². The van der Waals surface area contributed by atoms with Crippen molar-refractivity contribution in [3.63, 3.8) is 0 Å². The number of nitrogens with zero attached hydrogens (tertiary/aromatic N) is 2. The summed E-state index contributed by atoms with van der Waals surface area (Å²) in [6.07, 6.45) is 5.78. The molecule has 0 saturated heterocycles. The van der Waals surface area contributed by atoms with Crippen LogP contribution in [0.15, 0.2) is 84.9 Å². The Labute approximate surface area is 279 Å². The van der Waals surface area contributed by atoms with Gasteiger partial charge in [0.2, 0.25) is 0 Å². The quantitative estimate of drug-likeness (QED) is 0.168. The lowest BCUT2D eigenvalue weighted by atomic mass is 9.32. The van der Waals surface area contributed by atoms with Crippen LogP contribution in [0.3, 0.4) is 0 Å². The smallest absolute Gasteiger partial charge is 0.256 e. The second kappa shape index (κ2) is 7.95. The number of aryl methyl sites for hydroxylation is 2. The first kappa shape index (κ1) is 25.3. The highest BCUT2D eigenvalue weighted by molar-refractivity contribution is 7.03. The van der Waals surface area contributed by atoms with Crippen LogP contribution in [0.25, 0.3) is 49.5 Å². The molecule has 5 atom stereocenters. The van der Waals surface area contributed by atoms with E-state index in [-0.39, 0.29) is 6.71 Å². The maximum Gasteiger partial charge on any atom is 0.256 e. The molecule has 6 aliphatic rings. The van der Waals surface area contributed by atoms with E-state index >= 15 is 0 Å². The minimum absolute atomic E-state index is 0.0912. The highest BCUT2D eigenvalue weighted by atomic mass is 16.5. The molecular weight excluding hydrogens is 583 g/mol. The van der Waals surface area contributed by atoms with E-state index in [0.29, 0.717) is 5.41 Å². The van der Waals surface area contributed by atoms with Crippen molar-refractivity contribution < 1.29 is 4.74 Å². The van der Waals surface area contributed by atoms with Crippen molar-refractivity contribution in [2.75, 3.05) is 0 Å². The largest absolute Gasteiger partial charge is 0.458 e. The van der Waals surface area contributed by atoms with Gasteiger partial charge in [0, 0.05) is 16.5 Å². The summed E-state index contributed by atoms with van der Waals surface area (Å²) in [6, 6.07) is 32.5. The van der Waals surface area contributed by atoms with Crippen LogP contribution in [0, 0.1) is 31.1 Å². The lowest BCUT2D eigenvalue weighted by molar-refractivity contribution is -0.146. The molecule has 5 unspecified atom stereocenters. The van der Waals surface area contributed by atoms with Crippen LogP contribution in [0.1, 0.15) is 72.3 Å². The van der Waals surface area contributed by atoms with Crippen LogP contribution in [-0.2, 0) is 0 Å². The molecule has 230 valence electrons. The Hall–Kier alpha value is -4.70. The number of hydrogen-bond donors (Lipinski definition) is 0. The van der Waals surface area contributed by atoms with Crippen LogP contribution in [0.5, 0.6) is 11.5 Å². The molecule has 3 saturated carbocycles. The summed E-state index contributed by atoms with van der Waals surface area (Å²) in [4.78, 5) is 0. The molecule has 2 aromatic heterocycles. The molecule has 4 heterocycles. The Balaban J connectivity index is 1.21. The van der Waals surface area contributed by atoms with E-state index in [1.165, 1.54) is 103 Å². The van der Waals surface area contributed by atoms with Crippen molar-refractivity contribution in [1.82, 2.24) is 8.97 Å². The highest BCUT2D eigenvalue weighted by Gasteiger charge is 2.72. The van der Waals surface area contributed by atoms with E-state index in [1.807, 2.05) is 0 Å². The zero-order valence-corrected chi connectivity index (χ0v) is 27.6. The first-order valence-electron chi connectivity index (χ1n) is 18.1. The predicted molar refractivity (Wildman–Crippen MR) is 198 cm³/mol. The fraction of sp³-hybridized carbons (Fsp3) is 0.273. The van der Waals surface area contributed by atoms with Gasteiger partial charge in [-0.1, -0.05) is 48.5 Å². The fourth-order valence-electron chi connectivity index (χ4n) is 12.8. The Kier molecular flexibility index (Phi) is 4.19. The molecule has 0 amide bonds. The number of fused-ring (bicyclic) bond motifs is 11. The summed E-state index contributed by atoms with van der Waals surface area (Å²) in [5.41, 5.74) is 18.6. The van der Waals surface area contributed by atoms with Crippen LogP contribution in [0.4, 0.5) is 0 Å². The van der Waals surface area contributed by atoms with E-state index in [0.717, 1.165) is 35.2 Å². The summed E-state index contributed by atoms with van der Waals surface area (Å²) in [6.45, 7) is 7.04. The zero-order chi connectivity index (χ0) is 31.4. The Morgan fingerprint density at radius 2 is 1.58 bits per heavy atom. The molecule has 5 aromatic carbocycles. The minimum atomic E-state index is 0.0912.